The first-order chi connectivity index (χ1) is 5.18. The van der Waals surface area contributed by atoms with Crippen molar-refractivity contribution in [3.63, 3.8) is 0 Å². The quantitative estimate of drug-likeness (QED) is 0.461. The lowest BCUT2D eigenvalue weighted by Gasteiger charge is -2.10. The highest BCUT2D eigenvalue weighted by atomic mass is 16.7. The minimum Gasteiger partial charge on any atom is -0.382 e. The van der Waals surface area contributed by atoms with E-state index in [1.165, 1.54) is 4.90 Å². The number of ether oxygens (including phenoxy) is 1. The summed E-state index contributed by atoms with van der Waals surface area (Å²) in [6.07, 6.45) is 0. The minimum atomic E-state index is -0.277. The molecule has 5 nitrogen and oxygen atoms in total. The molecule has 0 bridgehead atoms. The number of carbonyl (C=O) groups is 1. The summed E-state index contributed by atoms with van der Waals surface area (Å²) in [6, 6.07) is -0.277. The third kappa shape index (κ3) is 5.63. The maximum Gasteiger partial charge on any atom is 0.340 e. The van der Waals surface area contributed by atoms with Gasteiger partial charge < -0.3 is 9.64 Å². The highest BCUT2D eigenvalue weighted by Crippen LogP contribution is 1.77. The molecule has 0 spiro atoms. The van der Waals surface area contributed by atoms with Crippen LogP contribution in [0.3, 0.4) is 0 Å². The van der Waals surface area contributed by atoms with Gasteiger partial charge in [0.25, 0.3) is 0 Å². The average molecular weight is 162 g/mol. The van der Waals surface area contributed by atoms with Crippen molar-refractivity contribution in [1.29, 1.82) is 0 Å². The van der Waals surface area contributed by atoms with Gasteiger partial charge in [-0.05, 0) is 0 Å². The van der Waals surface area contributed by atoms with E-state index in [1.807, 2.05) is 0 Å². The number of urea groups is 1. The summed E-state index contributed by atoms with van der Waals surface area (Å²) < 4.78 is 4.69. The smallest absolute Gasteiger partial charge is 0.340 e. The third-order valence-electron chi connectivity index (χ3n) is 0.955. The highest BCUT2D eigenvalue weighted by molar-refractivity contribution is 5.72. The molecule has 0 unspecified atom stereocenters. The molecule has 0 aliphatic heterocycles. The van der Waals surface area contributed by atoms with E-state index in [2.05, 4.69) is 5.48 Å². The summed E-state index contributed by atoms with van der Waals surface area (Å²) in [7, 11) is 4.83. The first kappa shape index (κ1) is 10.2. The van der Waals surface area contributed by atoms with Gasteiger partial charge in [0.1, 0.15) is 0 Å². The molecule has 0 heterocycles. The normalized spacial score (nSPS) is 9.36. The topological polar surface area (TPSA) is 50.8 Å². The second kappa shape index (κ2) is 5.94. The van der Waals surface area contributed by atoms with Crippen LogP contribution in [0, 0.1) is 0 Å². The molecule has 1 N–H and O–H groups in total. The number of methoxy groups -OCH3 is 1. The van der Waals surface area contributed by atoms with Gasteiger partial charge in [0.2, 0.25) is 0 Å². The second-order valence-corrected chi connectivity index (χ2v) is 2.14. The van der Waals surface area contributed by atoms with Gasteiger partial charge in [-0.25, -0.2) is 10.3 Å². The molecule has 66 valence electrons. The van der Waals surface area contributed by atoms with Crippen LogP contribution in [0.15, 0.2) is 0 Å². The molecule has 0 aliphatic rings. The molecule has 0 aromatic heterocycles. The zero-order chi connectivity index (χ0) is 8.69. The lowest BCUT2D eigenvalue weighted by atomic mass is 10.8. The van der Waals surface area contributed by atoms with E-state index in [0.29, 0.717) is 13.2 Å². The maximum absolute atomic E-state index is 10.8. The van der Waals surface area contributed by atoms with Gasteiger partial charge in [-0.2, -0.15) is 0 Å². The van der Waals surface area contributed by atoms with Crippen molar-refractivity contribution >= 4 is 6.03 Å². The number of nitrogens with one attached hydrogen (secondary N) is 1. The van der Waals surface area contributed by atoms with E-state index in [0.717, 1.165) is 0 Å². The standard InChI is InChI=1S/C6H14N2O3/c1-8(2)6(9)7-11-5-4-10-3/h4-5H2,1-3H3,(H,7,9). The van der Waals surface area contributed by atoms with Crippen LogP contribution in [-0.4, -0.2) is 45.3 Å². The number of hydroxylamine groups is 1. The van der Waals surface area contributed by atoms with Gasteiger partial charge >= 0.3 is 6.03 Å². The van der Waals surface area contributed by atoms with Crippen molar-refractivity contribution in [2.45, 2.75) is 0 Å². The number of nitrogens with zero attached hydrogens (tertiary/aromatic N) is 1. The van der Waals surface area contributed by atoms with Gasteiger partial charge in [-0.3, -0.25) is 4.84 Å². The summed E-state index contributed by atoms with van der Waals surface area (Å²) in [4.78, 5) is 16.9. The molecule has 0 atom stereocenters. The summed E-state index contributed by atoms with van der Waals surface area (Å²) in [5.41, 5.74) is 2.22. The Balaban J connectivity index is 3.18. The Bertz CT molecular complexity index is 116. The molecular formula is C6H14N2O3. The van der Waals surface area contributed by atoms with Crippen molar-refractivity contribution in [1.82, 2.24) is 10.4 Å². The van der Waals surface area contributed by atoms with E-state index >= 15 is 0 Å². The molecular weight excluding hydrogens is 148 g/mol. The molecule has 0 radical (unpaired) electrons. The number of rotatable bonds is 4. The Morgan fingerprint density at radius 2 is 2.09 bits per heavy atom. The van der Waals surface area contributed by atoms with E-state index < -0.39 is 0 Å². The molecule has 0 saturated heterocycles. The molecule has 0 aromatic carbocycles. The zero-order valence-corrected chi connectivity index (χ0v) is 7.09. The second-order valence-electron chi connectivity index (χ2n) is 2.14. The Labute approximate surface area is 66.2 Å². The number of amides is 2. The Morgan fingerprint density at radius 3 is 2.55 bits per heavy atom. The number of hydrogen-bond acceptors (Lipinski definition) is 3. The molecule has 0 aliphatic carbocycles. The van der Waals surface area contributed by atoms with Crippen molar-refractivity contribution in [3.05, 3.63) is 0 Å². The maximum atomic E-state index is 10.8. The fourth-order valence-electron chi connectivity index (χ4n) is 0.329. The van der Waals surface area contributed by atoms with Crippen molar-refractivity contribution in [3.8, 4) is 0 Å². The van der Waals surface area contributed by atoms with Crippen LogP contribution in [0.1, 0.15) is 0 Å². The Kier molecular flexibility index (Phi) is 5.50. The molecule has 0 fully saturated rings. The van der Waals surface area contributed by atoms with E-state index in [9.17, 15) is 4.79 Å². The molecule has 0 aromatic rings. The van der Waals surface area contributed by atoms with Crippen LogP contribution >= 0.6 is 0 Å². The summed E-state index contributed by atoms with van der Waals surface area (Å²) in [6.45, 7) is 0.823. The van der Waals surface area contributed by atoms with E-state index in [1.54, 1.807) is 21.2 Å². The Hall–Kier alpha value is -0.810. The molecule has 0 rings (SSSR count). The summed E-state index contributed by atoms with van der Waals surface area (Å²) in [5, 5.41) is 0. The van der Waals surface area contributed by atoms with Gasteiger partial charge in [0.05, 0.1) is 13.2 Å². The molecule has 5 heteroatoms. The lowest BCUT2D eigenvalue weighted by molar-refractivity contribution is 0.0188. The van der Waals surface area contributed by atoms with Crippen LogP contribution in [-0.2, 0) is 9.57 Å². The SMILES string of the molecule is COCCONC(=O)N(C)C. The fraction of sp³-hybridized carbons (Fsp3) is 0.833. The van der Waals surface area contributed by atoms with Crippen LogP contribution in [0.2, 0.25) is 0 Å². The lowest BCUT2D eigenvalue weighted by Crippen LogP contribution is -2.35. The fourth-order valence-corrected chi connectivity index (χ4v) is 0.329. The van der Waals surface area contributed by atoms with Crippen LogP contribution in [0.25, 0.3) is 0 Å². The summed E-state index contributed by atoms with van der Waals surface area (Å²) in [5.74, 6) is 0. The van der Waals surface area contributed by atoms with Gasteiger partial charge in [0, 0.05) is 21.2 Å². The first-order valence-electron chi connectivity index (χ1n) is 3.26. The largest absolute Gasteiger partial charge is 0.382 e. The third-order valence-corrected chi connectivity index (χ3v) is 0.955. The van der Waals surface area contributed by atoms with Gasteiger partial charge in [-0.15, -0.1) is 0 Å². The average Bonchev–Trinajstić information content (AvgIpc) is 1.97. The predicted octanol–water partition coefficient (Wildman–Crippen LogP) is -0.164. The van der Waals surface area contributed by atoms with Crippen molar-refractivity contribution in [2.75, 3.05) is 34.4 Å². The van der Waals surface area contributed by atoms with E-state index in [-0.39, 0.29) is 6.03 Å². The minimum absolute atomic E-state index is 0.277. The van der Waals surface area contributed by atoms with Crippen molar-refractivity contribution < 1.29 is 14.4 Å². The number of hydrogen-bond donors (Lipinski definition) is 1. The molecule has 2 amide bonds. The summed E-state index contributed by atoms with van der Waals surface area (Å²) >= 11 is 0. The van der Waals surface area contributed by atoms with Crippen LogP contribution in [0.5, 0.6) is 0 Å². The molecule has 11 heavy (non-hydrogen) atoms. The van der Waals surface area contributed by atoms with Gasteiger partial charge in [0.15, 0.2) is 0 Å². The zero-order valence-electron chi connectivity index (χ0n) is 7.09. The van der Waals surface area contributed by atoms with Crippen LogP contribution in [0.4, 0.5) is 4.79 Å². The predicted molar refractivity (Wildman–Crippen MR) is 40.0 cm³/mol. The highest BCUT2D eigenvalue weighted by Gasteiger charge is 2.00. The van der Waals surface area contributed by atoms with Crippen molar-refractivity contribution in [2.24, 2.45) is 0 Å². The Morgan fingerprint density at radius 1 is 1.45 bits per heavy atom. The first-order valence-corrected chi connectivity index (χ1v) is 3.26. The van der Waals surface area contributed by atoms with Crippen LogP contribution < -0.4 is 5.48 Å². The number of carbonyl (C=O) groups excluding carboxylic acids is 1. The molecule has 0 saturated carbocycles. The van der Waals surface area contributed by atoms with E-state index in [4.69, 9.17) is 9.57 Å². The van der Waals surface area contributed by atoms with Gasteiger partial charge in [-0.1, -0.05) is 0 Å². The monoisotopic (exact) mass is 162 g/mol.